The number of fused-ring (bicyclic) bond motifs is 1. The van der Waals surface area contributed by atoms with Gasteiger partial charge in [0.25, 0.3) is 0 Å². The molecule has 0 fully saturated rings. The van der Waals surface area contributed by atoms with Gasteiger partial charge in [0.15, 0.2) is 0 Å². The highest BCUT2D eigenvalue weighted by Crippen LogP contribution is 2.24. The molecule has 0 heterocycles. The summed E-state index contributed by atoms with van der Waals surface area (Å²) in [4.78, 5) is 0. The highest BCUT2D eigenvalue weighted by Gasteiger charge is 2.17. The third kappa shape index (κ3) is 1.39. The molecule has 14 heavy (non-hydrogen) atoms. The first kappa shape index (κ1) is 9.19. The molecular weight excluding hydrogens is 181 g/mol. The standard InChI is InChI=1S/C11H12FNO/c1-7-5-8-3-2-4-11(13-14)9(8)6-10(7)12/h5-6,14H,2-4H2,1H3/b13-11-. The molecule has 2 nitrogen and oxygen atoms in total. The average Bonchev–Trinajstić information content (AvgIpc) is 2.19. The van der Waals surface area contributed by atoms with Crippen LogP contribution in [-0.4, -0.2) is 10.9 Å². The first-order chi connectivity index (χ1) is 6.72. The fourth-order valence-corrected chi connectivity index (χ4v) is 1.90. The number of benzene rings is 1. The van der Waals surface area contributed by atoms with Crippen molar-refractivity contribution in [1.29, 1.82) is 0 Å². The lowest BCUT2D eigenvalue weighted by molar-refractivity contribution is 0.317. The van der Waals surface area contributed by atoms with Crippen LogP contribution in [-0.2, 0) is 6.42 Å². The van der Waals surface area contributed by atoms with Crippen molar-refractivity contribution in [3.63, 3.8) is 0 Å². The molecule has 0 spiro atoms. The Morgan fingerprint density at radius 2 is 2.14 bits per heavy atom. The predicted molar refractivity (Wildman–Crippen MR) is 52.4 cm³/mol. The van der Waals surface area contributed by atoms with Crippen molar-refractivity contribution in [1.82, 2.24) is 0 Å². The average molecular weight is 193 g/mol. The Labute approximate surface area is 82.1 Å². The van der Waals surface area contributed by atoms with Gasteiger partial charge in [-0.25, -0.2) is 4.39 Å². The van der Waals surface area contributed by atoms with Gasteiger partial charge in [0.2, 0.25) is 0 Å². The van der Waals surface area contributed by atoms with Crippen molar-refractivity contribution in [2.45, 2.75) is 26.2 Å². The van der Waals surface area contributed by atoms with E-state index >= 15 is 0 Å². The number of nitrogens with zero attached hydrogens (tertiary/aromatic N) is 1. The Hall–Kier alpha value is -1.38. The van der Waals surface area contributed by atoms with Crippen molar-refractivity contribution in [3.05, 3.63) is 34.6 Å². The van der Waals surface area contributed by atoms with Crippen molar-refractivity contribution in [2.75, 3.05) is 0 Å². The molecule has 1 aromatic rings. The van der Waals surface area contributed by atoms with Gasteiger partial charge in [0.1, 0.15) is 5.82 Å². The number of hydrogen-bond donors (Lipinski definition) is 1. The molecule has 1 aliphatic carbocycles. The molecule has 0 radical (unpaired) electrons. The molecule has 0 atom stereocenters. The summed E-state index contributed by atoms with van der Waals surface area (Å²) in [5, 5.41) is 12.0. The maximum atomic E-state index is 13.3. The normalized spacial score (nSPS) is 18.3. The van der Waals surface area contributed by atoms with Gasteiger partial charge in [-0.3, -0.25) is 0 Å². The highest BCUT2D eigenvalue weighted by molar-refractivity contribution is 6.02. The second kappa shape index (κ2) is 3.40. The topological polar surface area (TPSA) is 32.6 Å². The fraction of sp³-hybridized carbons (Fsp3) is 0.364. The lowest BCUT2D eigenvalue weighted by Crippen LogP contribution is -2.12. The molecule has 0 aromatic heterocycles. The van der Waals surface area contributed by atoms with E-state index in [0.717, 1.165) is 30.4 Å². The van der Waals surface area contributed by atoms with Crippen LogP contribution in [0.1, 0.15) is 29.5 Å². The molecule has 1 aromatic carbocycles. The fourth-order valence-electron chi connectivity index (χ4n) is 1.90. The Bertz CT molecular complexity index is 399. The van der Waals surface area contributed by atoms with Crippen LogP contribution in [0.25, 0.3) is 0 Å². The highest BCUT2D eigenvalue weighted by atomic mass is 19.1. The summed E-state index contributed by atoms with van der Waals surface area (Å²) in [5.41, 5.74) is 3.11. The first-order valence-corrected chi connectivity index (χ1v) is 4.72. The van der Waals surface area contributed by atoms with E-state index in [1.165, 1.54) is 6.07 Å². The predicted octanol–water partition coefficient (Wildman–Crippen LogP) is 2.65. The van der Waals surface area contributed by atoms with E-state index in [9.17, 15) is 4.39 Å². The maximum Gasteiger partial charge on any atom is 0.126 e. The molecular formula is C11H12FNO. The van der Waals surface area contributed by atoms with E-state index in [0.29, 0.717) is 11.3 Å². The molecule has 0 aliphatic heterocycles. The van der Waals surface area contributed by atoms with Crippen LogP contribution in [0.5, 0.6) is 0 Å². The van der Waals surface area contributed by atoms with E-state index in [4.69, 9.17) is 5.21 Å². The van der Waals surface area contributed by atoms with Gasteiger partial charge in [-0.1, -0.05) is 11.2 Å². The second-order valence-corrected chi connectivity index (χ2v) is 3.66. The van der Waals surface area contributed by atoms with E-state index in [1.54, 1.807) is 6.92 Å². The lowest BCUT2D eigenvalue weighted by atomic mass is 9.89. The van der Waals surface area contributed by atoms with Crippen LogP contribution in [0.2, 0.25) is 0 Å². The van der Waals surface area contributed by atoms with Gasteiger partial charge in [-0.2, -0.15) is 0 Å². The molecule has 1 aliphatic rings. The zero-order valence-electron chi connectivity index (χ0n) is 8.05. The third-order valence-corrected chi connectivity index (χ3v) is 2.68. The molecule has 0 saturated heterocycles. The SMILES string of the molecule is Cc1cc2c(cc1F)/C(=N\O)CCC2. The summed E-state index contributed by atoms with van der Waals surface area (Å²) in [6.45, 7) is 1.75. The van der Waals surface area contributed by atoms with Gasteiger partial charge < -0.3 is 5.21 Å². The number of oxime groups is 1. The Morgan fingerprint density at radius 1 is 1.36 bits per heavy atom. The van der Waals surface area contributed by atoms with E-state index in [2.05, 4.69) is 5.16 Å². The molecule has 0 amide bonds. The van der Waals surface area contributed by atoms with Gasteiger partial charge in [-0.05, 0) is 43.4 Å². The summed E-state index contributed by atoms with van der Waals surface area (Å²) >= 11 is 0. The number of aryl methyl sites for hydroxylation is 2. The Balaban J connectivity index is 2.58. The molecule has 2 rings (SSSR count). The minimum absolute atomic E-state index is 0.230. The lowest BCUT2D eigenvalue weighted by Gasteiger charge is -2.17. The van der Waals surface area contributed by atoms with Crippen LogP contribution in [0.4, 0.5) is 4.39 Å². The quantitative estimate of drug-likeness (QED) is 0.498. The summed E-state index contributed by atoms with van der Waals surface area (Å²) in [6, 6.07) is 3.31. The summed E-state index contributed by atoms with van der Waals surface area (Å²) < 4.78 is 13.3. The largest absolute Gasteiger partial charge is 0.411 e. The minimum atomic E-state index is -0.230. The van der Waals surface area contributed by atoms with Crippen molar-refractivity contribution < 1.29 is 9.60 Å². The maximum absolute atomic E-state index is 13.3. The van der Waals surface area contributed by atoms with E-state index in [1.807, 2.05) is 6.07 Å². The van der Waals surface area contributed by atoms with Crippen LogP contribution in [0, 0.1) is 12.7 Å². The zero-order valence-corrected chi connectivity index (χ0v) is 8.05. The second-order valence-electron chi connectivity index (χ2n) is 3.66. The van der Waals surface area contributed by atoms with E-state index in [-0.39, 0.29) is 5.82 Å². The van der Waals surface area contributed by atoms with Crippen LogP contribution < -0.4 is 0 Å². The van der Waals surface area contributed by atoms with Crippen LogP contribution >= 0.6 is 0 Å². The molecule has 0 unspecified atom stereocenters. The summed E-state index contributed by atoms with van der Waals surface area (Å²) in [7, 11) is 0. The summed E-state index contributed by atoms with van der Waals surface area (Å²) in [5.74, 6) is -0.230. The van der Waals surface area contributed by atoms with Gasteiger partial charge in [0, 0.05) is 5.56 Å². The number of halogens is 1. The summed E-state index contributed by atoms with van der Waals surface area (Å²) in [6.07, 6.45) is 2.64. The van der Waals surface area contributed by atoms with Crippen molar-refractivity contribution in [3.8, 4) is 0 Å². The van der Waals surface area contributed by atoms with E-state index < -0.39 is 0 Å². The molecule has 0 saturated carbocycles. The first-order valence-electron chi connectivity index (χ1n) is 4.72. The minimum Gasteiger partial charge on any atom is -0.411 e. The van der Waals surface area contributed by atoms with Crippen molar-refractivity contribution >= 4 is 5.71 Å². The Kier molecular flexibility index (Phi) is 2.23. The molecule has 74 valence electrons. The molecule has 3 heteroatoms. The van der Waals surface area contributed by atoms with Gasteiger partial charge in [0.05, 0.1) is 5.71 Å². The number of rotatable bonds is 0. The zero-order chi connectivity index (χ0) is 10.1. The van der Waals surface area contributed by atoms with Gasteiger partial charge in [-0.15, -0.1) is 0 Å². The molecule has 1 N–H and O–H groups in total. The smallest absolute Gasteiger partial charge is 0.126 e. The van der Waals surface area contributed by atoms with Gasteiger partial charge >= 0.3 is 0 Å². The Morgan fingerprint density at radius 3 is 2.86 bits per heavy atom. The van der Waals surface area contributed by atoms with Crippen LogP contribution in [0.15, 0.2) is 17.3 Å². The number of hydrogen-bond acceptors (Lipinski definition) is 2. The third-order valence-electron chi connectivity index (χ3n) is 2.68. The van der Waals surface area contributed by atoms with Crippen molar-refractivity contribution in [2.24, 2.45) is 5.16 Å². The monoisotopic (exact) mass is 193 g/mol. The van der Waals surface area contributed by atoms with Crippen LogP contribution in [0.3, 0.4) is 0 Å². The molecule has 0 bridgehead atoms.